The first-order chi connectivity index (χ1) is 7.24. The second-order valence-corrected chi connectivity index (χ2v) is 3.11. The predicted molar refractivity (Wildman–Crippen MR) is 54.9 cm³/mol. The molecule has 0 aliphatic carbocycles. The van der Waals surface area contributed by atoms with E-state index in [4.69, 9.17) is 4.74 Å². The Morgan fingerprint density at radius 2 is 2.07 bits per heavy atom. The predicted octanol–water partition coefficient (Wildman–Crippen LogP) is 0.0651. The molecule has 0 unspecified atom stereocenters. The van der Waals surface area contributed by atoms with E-state index in [1.165, 1.54) is 28.3 Å². The highest BCUT2D eigenvalue weighted by molar-refractivity contribution is 5.43. The fraction of sp³-hybridized carbons (Fsp3) is 0.200. The third kappa shape index (κ3) is 1.57. The lowest BCUT2D eigenvalue weighted by molar-refractivity contribution is 0.128. The van der Waals surface area contributed by atoms with E-state index in [1.54, 1.807) is 18.3 Å². The van der Waals surface area contributed by atoms with Gasteiger partial charge >= 0.3 is 0 Å². The van der Waals surface area contributed by atoms with Crippen LogP contribution in [0.1, 0.15) is 0 Å². The molecule has 0 fully saturated rings. The number of aromatic nitrogens is 2. The van der Waals surface area contributed by atoms with Gasteiger partial charge in [0.05, 0.1) is 0 Å². The molecule has 2 aromatic rings. The molecular formula is C10H10N2O3. The Balaban J connectivity index is 2.80. The molecule has 2 heterocycles. The minimum Gasteiger partial charge on any atom is -0.364 e. The van der Waals surface area contributed by atoms with Crippen molar-refractivity contribution in [3.63, 3.8) is 0 Å². The van der Waals surface area contributed by atoms with Gasteiger partial charge in [-0.15, -0.1) is 0 Å². The minimum absolute atomic E-state index is 0.179. The average Bonchev–Trinajstić information content (AvgIpc) is 2.23. The molecule has 0 radical (unpaired) electrons. The van der Waals surface area contributed by atoms with Crippen molar-refractivity contribution in [2.24, 2.45) is 0 Å². The number of hydrogen-bond acceptors (Lipinski definition) is 3. The Hall–Kier alpha value is -1.88. The molecule has 0 saturated carbocycles. The van der Waals surface area contributed by atoms with Crippen molar-refractivity contribution in [3.05, 3.63) is 51.3 Å². The summed E-state index contributed by atoms with van der Waals surface area (Å²) in [6.45, 7) is 0.179. The molecule has 0 saturated heterocycles. The van der Waals surface area contributed by atoms with Crippen LogP contribution in [0.15, 0.2) is 40.2 Å². The van der Waals surface area contributed by atoms with E-state index >= 15 is 0 Å². The van der Waals surface area contributed by atoms with Crippen molar-refractivity contribution in [3.8, 4) is 0 Å². The fourth-order valence-electron chi connectivity index (χ4n) is 1.43. The summed E-state index contributed by atoms with van der Waals surface area (Å²) < 4.78 is 7.58. The number of fused-ring (bicyclic) bond motifs is 1. The lowest BCUT2D eigenvalue weighted by Crippen LogP contribution is -2.26. The summed E-state index contributed by atoms with van der Waals surface area (Å²) in [6.07, 6.45) is 3.08. The largest absolute Gasteiger partial charge is 0.364 e. The number of pyridine rings is 1. The molecule has 2 aromatic heterocycles. The zero-order chi connectivity index (χ0) is 10.8. The van der Waals surface area contributed by atoms with Crippen LogP contribution in [0.25, 0.3) is 5.52 Å². The van der Waals surface area contributed by atoms with Crippen LogP contribution in [0.2, 0.25) is 0 Å². The van der Waals surface area contributed by atoms with Crippen molar-refractivity contribution < 1.29 is 4.74 Å². The van der Waals surface area contributed by atoms with Gasteiger partial charge in [0.15, 0.2) is 0 Å². The van der Waals surface area contributed by atoms with E-state index in [0.29, 0.717) is 5.52 Å². The smallest absolute Gasteiger partial charge is 0.276 e. The second-order valence-electron chi connectivity index (χ2n) is 3.11. The second kappa shape index (κ2) is 3.70. The van der Waals surface area contributed by atoms with Crippen LogP contribution in [0, 0.1) is 0 Å². The maximum Gasteiger partial charge on any atom is 0.276 e. The van der Waals surface area contributed by atoms with Gasteiger partial charge in [-0.05, 0) is 6.07 Å². The van der Waals surface area contributed by atoms with Gasteiger partial charge in [0.1, 0.15) is 12.2 Å². The molecule has 15 heavy (non-hydrogen) atoms. The summed E-state index contributed by atoms with van der Waals surface area (Å²) in [5, 5.41) is 0. The lowest BCUT2D eigenvalue weighted by atomic mass is 10.4. The van der Waals surface area contributed by atoms with Gasteiger partial charge in [-0.2, -0.15) is 0 Å². The van der Waals surface area contributed by atoms with Crippen molar-refractivity contribution in [2.75, 3.05) is 7.11 Å². The van der Waals surface area contributed by atoms with Crippen LogP contribution < -0.4 is 11.1 Å². The minimum atomic E-state index is -0.239. The fourth-order valence-corrected chi connectivity index (χ4v) is 1.43. The zero-order valence-electron chi connectivity index (χ0n) is 8.21. The maximum atomic E-state index is 11.8. The Bertz CT molecular complexity index is 597. The van der Waals surface area contributed by atoms with Crippen molar-refractivity contribution >= 4 is 5.52 Å². The number of nitrogens with zero attached hydrogens (tertiary/aromatic N) is 2. The third-order valence-electron chi connectivity index (χ3n) is 2.13. The summed E-state index contributed by atoms with van der Waals surface area (Å²) in [5.41, 5.74) is -0.103. The lowest BCUT2D eigenvalue weighted by Gasteiger charge is -2.05. The normalized spacial score (nSPS) is 10.7. The molecule has 0 bridgehead atoms. The Morgan fingerprint density at radius 3 is 2.80 bits per heavy atom. The Morgan fingerprint density at radius 1 is 1.27 bits per heavy atom. The highest BCUT2D eigenvalue weighted by atomic mass is 16.5. The highest BCUT2D eigenvalue weighted by Gasteiger charge is 2.02. The van der Waals surface area contributed by atoms with Gasteiger partial charge in [0.2, 0.25) is 0 Å². The van der Waals surface area contributed by atoms with E-state index in [2.05, 4.69) is 0 Å². The molecule has 5 nitrogen and oxygen atoms in total. The monoisotopic (exact) mass is 206 g/mol. The van der Waals surface area contributed by atoms with Crippen molar-refractivity contribution in [1.29, 1.82) is 0 Å². The van der Waals surface area contributed by atoms with Crippen molar-refractivity contribution in [1.82, 2.24) is 8.97 Å². The first kappa shape index (κ1) is 9.67. The van der Waals surface area contributed by atoms with Crippen LogP contribution in [-0.2, 0) is 11.5 Å². The van der Waals surface area contributed by atoms with Crippen LogP contribution >= 0.6 is 0 Å². The molecule has 0 spiro atoms. The molecule has 5 heteroatoms. The number of methoxy groups -OCH3 is 1. The Labute approximate surface area is 85.2 Å². The molecule has 0 N–H and O–H groups in total. The molecule has 0 aliphatic rings. The molecule has 0 atom stereocenters. The van der Waals surface area contributed by atoms with Gasteiger partial charge in [0.25, 0.3) is 11.1 Å². The first-order valence-electron chi connectivity index (χ1n) is 4.44. The number of hydrogen-bond donors (Lipinski definition) is 0. The van der Waals surface area contributed by atoms with Gasteiger partial charge in [0, 0.05) is 25.6 Å². The third-order valence-corrected chi connectivity index (χ3v) is 2.13. The van der Waals surface area contributed by atoms with E-state index in [1.807, 2.05) is 0 Å². The molecule has 0 amide bonds. The van der Waals surface area contributed by atoms with Crippen LogP contribution in [0.5, 0.6) is 0 Å². The summed E-state index contributed by atoms with van der Waals surface area (Å²) >= 11 is 0. The van der Waals surface area contributed by atoms with Gasteiger partial charge in [-0.3, -0.25) is 18.6 Å². The van der Waals surface area contributed by atoms with Gasteiger partial charge in [-0.1, -0.05) is 6.07 Å². The topological polar surface area (TPSA) is 52.7 Å². The molecule has 78 valence electrons. The average molecular weight is 206 g/mol. The number of rotatable bonds is 2. The molecular weight excluding hydrogens is 196 g/mol. The number of ether oxygens (including phenoxy) is 1. The standard InChI is InChI=1S/C10H10N2O3/c1-15-7-11-5-6-12-8(10(11)14)3-2-4-9(12)13/h2-6H,7H2,1H3. The quantitative estimate of drug-likeness (QED) is 0.698. The van der Waals surface area contributed by atoms with Crippen LogP contribution in [-0.4, -0.2) is 16.1 Å². The molecule has 0 aliphatic heterocycles. The summed E-state index contributed by atoms with van der Waals surface area (Å²) in [7, 11) is 1.51. The van der Waals surface area contributed by atoms with Gasteiger partial charge in [-0.25, -0.2) is 0 Å². The SMILES string of the molecule is COCn1ccn2c(=O)cccc2c1=O. The van der Waals surface area contributed by atoms with Crippen LogP contribution in [0.3, 0.4) is 0 Å². The van der Waals surface area contributed by atoms with E-state index in [9.17, 15) is 9.59 Å². The van der Waals surface area contributed by atoms with Crippen molar-refractivity contribution in [2.45, 2.75) is 6.73 Å². The highest BCUT2D eigenvalue weighted by Crippen LogP contribution is 1.92. The molecule has 0 aromatic carbocycles. The summed E-state index contributed by atoms with van der Waals surface area (Å²) in [4.78, 5) is 23.2. The summed E-state index contributed by atoms with van der Waals surface area (Å²) in [5.74, 6) is 0. The van der Waals surface area contributed by atoms with E-state index in [-0.39, 0.29) is 17.8 Å². The van der Waals surface area contributed by atoms with Crippen LogP contribution in [0.4, 0.5) is 0 Å². The maximum absolute atomic E-state index is 11.8. The first-order valence-corrected chi connectivity index (χ1v) is 4.44. The Kier molecular flexibility index (Phi) is 2.39. The zero-order valence-corrected chi connectivity index (χ0v) is 8.21. The summed E-state index contributed by atoms with van der Waals surface area (Å²) in [6, 6.07) is 4.58. The molecule has 2 rings (SSSR count). The van der Waals surface area contributed by atoms with E-state index in [0.717, 1.165) is 0 Å². The van der Waals surface area contributed by atoms with E-state index < -0.39 is 0 Å². The van der Waals surface area contributed by atoms with Gasteiger partial charge < -0.3 is 4.74 Å².